The van der Waals surface area contributed by atoms with Crippen molar-refractivity contribution in [3.63, 3.8) is 0 Å². The number of nitriles is 1. The smallest absolute Gasteiger partial charge is 0.168 e. The fourth-order valence-electron chi connectivity index (χ4n) is 2.86. The molecule has 1 spiro atoms. The maximum absolute atomic E-state index is 8.77. The number of hydrogen-bond donors (Lipinski definition) is 1. The summed E-state index contributed by atoms with van der Waals surface area (Å²) in [5.74, 6) is -0.289. The maximum atomic E-state index is 8.77. The van der Waals surface area contributed by atoms with Gasteiger partial charge in [-0.25, -0.2) is 0 Å². The molecule has 0 atom stereocenters. The number of nitrogens with one attached hydrogen (secondary N) is 1. The summed E-state index contributed by atoms with van der Waals surface area (Å²) < 4.78 is 11.4. The van der Waals surface area contributed by atoms with Gasteiger partial charge in [-0.05, 0) is 37.1 Å². The second kappa shape index (κ2) is 5.20. The van der Waals surface area contributed by atoms with Gasteiger partial charge in [-0.3, -0.25) is 0 Å². The molecule has 100 valence electrons. The molecule has 1 aliphatic carbocycles. The van der Waals surface area contributed by atoms with Gasteiger partial charge in [0.05, 0.1) is 24.8 Å². The number of hydrogen-bond acceptors (Lipinski definition) is 4. The number of benzene rings is 1. The van der Waals surface area contributed by atoms with Crippen LogP contribution in [0.15, 0.2) is 24.3 Å². The third-order valence-electron chi connectivity index (χ3n) is 3.95. The van der Waals surface area contributed by atoms with Crippen LogP contribution < -0.4 is 5.32 Å². The Labute approximate surface area is 113 Å². The number of nitrogens with zero attached hydrogens (tertiary/aromatic N) is 1. The zero-order valence-electron chi connectivity index (χ0n) is 10.9. The third kappa shape index (κ3) is 2.73. The molecule has 0 bridgehead atoms. The highest BCUT2D eigenvalue weighted by Crippen LogP contribution is 2.36. The predicted octanol–water partition coefficient (Wildman–Crippen LogP) is 2.66. The molecule has 0 aromatic heterocycles. The highest BCUT2D eigenvalue weighted by atomic mass is 16.7. The van der Waals surface area contributed by atoms with Crippen LogP contribution in [0.4, 0.5) is 5.69 Å². The van der Waals surface area contributed by atoms with E-state index in [9.17, 15) is 0 Å². The van der Waals surface area contributed by atoms with E-state index in [1.54, 1.807) is 0 Å². The van der Waals surface area contributed by atoms with Crippen LogP contribution in [0.2, 0.25) is 0 Å². The standard InChI is InChI=1S/C15H18N2O2/c16-11-12-1-3-13(4-2-12)17-14-5-7-15(8-6-14)18-9-10-19-15/h1-4,14,17H,5-10H2. The predicted molar refractivity (Wildman–Crippen MR) is 71.7 cm³/mol. The lowest BCUT2D eigenvalue weighted by Crippen LogP contribution is -2.39. The average Bonchev–Trinajstić information content (AvgIpc) is 2.91. The molecular weight excluding hydrogens is 240 g/mol. The molecule has 1 saturated heterocycles. The fraction of sp³-hybridized carbons (Fsp3) is 0.533. The maximum Gasteiger partial charge on any atom is 0.168 e. The summed E-state index contributed by atoms with van der Waals surface area (Å²) in [7, 11) is 0. The summed E-state index contributed by atoms with van der Waals surface area (Å²) >= 11 is 0. The lowest BCUT2D eigenvalue weighted by Gasteiger charge is -2.36. The minimum absolute atomic E-state index is 0.289. The Morgan fingerprint density at radius 3 is 2.32 bits per heavy atom. The third-order valence-corrected chi connectivity index (χ3v) is 3.95. The first-order valence-electron chi connectivity index (χ1n) is 6.84. The monoisotopic (exact) mass is 258 g/mol. The summed E-state index contributed by atoms with van der Waals surface area (Å²) in [5.41, 5.74) is 1.77. The molecule has 2 fully saturated rings. The van der Waals surface area contributed by atoms with Gasteiger partial charge in [0.2, 0.25) is 0 Å². The van der Waals surface area contributed by atoms with Crippen molar-refractivity contribution in [2.24, 2.45) is 0 Å². The van der Waals surface area contributed by atoms with Crippen molar-refractivity contribution < 1.29 is 9.47 Å². The largest absolute Gasteiger partial charge is 0.382 e. The quantitative estimate of drug-likeness (QED) is 0.886. The van der Waals surface area contributed by atoms with E-state index < -0.39 is 0 Å². The summed E-state index contributed by atoms with van der Waals surface area (Å²) in [6.45, 7) is 1.46. The first-order valence-corrected chi connectivity index (χ1v) is 6.84. The van der Waals surface area contributed by atoms with Gasteiger partial charge in [0, 0.05) is 24.6 Å². The molecular formula is C15H18N2O2. The fourth-order valence-corrected chi connectivity index (χ4v) is 2.86. The Bertz CT molecular complexity index is 462. The highest BCUT2D eigenvalue weighted by Gasteiger charge is 2.40. The van der Waals surface area contributed by atoms with E-state index >= 15 is 0 Å². The zero-order chi connectivity index (χ0) is 13.1. The van der Waals surface area contributed by atoms with Crippen molar-refractivity contribution in [2.45, 2.75) is 37.5 Å². The van der Waals surface area contributed by atoms with Gasteiger partial charge in [-0.15, -0.1) is 0 Å². The first-order chi connectivity index (χ1) is 9.30. The minimum atomic E-state index is -0.289. The molecule has 19 heavy (non-hydrogen) atoms. The van der Waals surface area contributed by atoms with Gasteiger partial charge < -0.3 is 14.8 Å². The number of ether oxygens (including phenoxy) is 2. The first kappa shape index (κ1) is 12.5. The SMILES string of the molecule is N#Cc1ccc(NC2CCC3(CC2)OCCO3)cc1. The summed E-state index contributed by atoms with van der Waals surface area (Å²) in [6, 6.07) is 10.2. The van der Waals surface area contributed by atoms with Crippen molar-refractivity contribution in [2.75, 3.05) is 18.5 Å². The highest BCUT2D eigenvalue weighted by molar-refractivity contribution is 5.47. The minimum Gasteiger partial charge on any atom is -0.382 e. The lowest BCUT2D eigenvalue weighted by molar-refractivity contribution is -0.177. The van der Waals surface area contributed by atoms with Crippen LogP contribution >= 0.6 is 0 Å². The van der Waals surface area contributed by atoms with E-state index in [4.69, 9.17) is 14.7 Å². The topological polar surface area (TPSA) is 54.3 Å². The Morgan fingerprint density at radius 1 is 1.11 bits per heavy atom. The normalized spacial score (nSPS) is 22.3. The second-order valence-corrected chi connectivity index (χ2v) is 5.22. The van der Waals surface area contributed by atoms with Gasteiger partial charge >= 0.3 is 0 Å². The molecule has 1 saturated carbocycles. The van der Waals surface area contributed by atoms with E-state index in [0.29, 0.717) is 11.6 Å². The van der Waals surface area contributed by atoms with E-state index in [1.165, 1.54) is 0 Å². The molecule has 1 heterocycles. The van der Waals surface area contributed by atoms with Crippen molar-refractivity contribution in [3.05, 3.63) is 29.8 Å². The van der Waals surface area contributed by atoms with Crippen LogP contribution in [-0.2, 0) is 9.47 Å². The lowest BCUT2D eigenvalue weighted by atomic mass is 9.90. The van der Waals surface area contributed by atoms with Gasteiger partial charge in [0.1, 0.15) is 0 Å². The van der Waals surface area contributed by atoms with Crippen LogP contribution in [0.25, 0.3) is 0 Å². The summed E-state index contributed by atoms with van der Waals surface area (Å²) in [4.78, 5) is 0. The summed E-state index contributed by atoms with van der Waals surface area (Å²) in [5, 5.41) is 12.3. The van der Waals surface area contributed by atoms with E-state index in [1.807, 2.05) is 24.3 Å². The molecule has 4 heteroatoms. The zero-order valence-corrected chi connectivity index (χ0v) is 10.9. The number of rotatable bonds is 2. The van der Waals surface area contributed by atoms with Crippen LogP contribution in [0.1, 0.15) is 31.2 Å². The Morgan fingerprint density at radius 2 is 1.74 bits per heavy atom. The molecule has 1 aromatic rings. The molecule has 1 aliphatic heterocycles. The molecule has 4 nitrogen and oxygen atoms in total. The molecule has 0 unspecified atom stereocenters. The van der Waals surface area contributed by atoms with Gasteiger partial charge in [-0.2, -0.15) is 5.26 Å². The Hall–Kier alpha value is -1.57. The average molecular weight is 258 g/mol. The molecule has 2 aliphatic rings. The van der Waals surface area contributed by atoms with Crippen LogP contribution in [-0.4, -0.2) is 25.0 Å². The molecule has 1 aromatic carbocycles. The van der Waals surface area contributed by atoms with E-state index in [0.717, 1.165) is 44.6 Å². The second-order valence-electron chi connectivity index (χ2n) is 5.22. The van der Waals surface area contributed by atoms with Gasteiger partial charge in [-0.1, -0.05) is 0 Å². The van der Waals surface area contributed by atoms with Crippen molar-refractivity contribution in [3.8, 4) is 6.07 Å². The van der Waals surface area contributed by atoms with Crippen LogP contribution in [0.3, 0.4) is 0 Å². The van der Waals surface area contributed by atoms with Gasteiger partial charge in [0.15, 0.2) is 5.79 Å². The Kier molecular flexibility index (Phi) is 3.41. The van der Waals surface area contributed by atoms with Crippen molar-refractivity contribution in [1.29, 1.82) is 5.26 Å². The molecule has 0 amide bonds. The van der Waals surface area contributed by atoms with Gasteiger partial charge in [0.25, 0.3) is 0 Å². The molecule has 3 rings (SSSR count). The summed E-state index contributed by atoms with van der Waals surface area (Å²) in [6.07, 6.45) is 4.03. The Balaban J connectivity index is 1.55. The van der Waals surface area contributed by atoms with Crippen LogP contribution in [0.5, 0.6) is 0 Å². The molecule has 0 radical (unpaired) electrons. The van der Waals surface area contributed by atoms with E-state index in [2.05, 4.69) is 11.4 Å². The number of anilines is 1. The molecule has 1 N–H and O–H groups in total. The van der Waals surface area contributed by atoms with Crippen molar-refractivity contribution >= 4 is 5.69 Å². The van der Waals surface area contributed by atoms with Crippen LogP contribution in [0, 0.1) is 11.3 Å². The van der Waals surface area contributed by atoms with Crippen molar-refractivity contribution in [1.82, 2.24) is 0 Å². The van der Waals surface area contributed by atoms with E-state index in [-0.39, 0.29) is 5.79 Å².